The highest BCUT2D eigenvalue weighted by Crippen LogP contribution is 2.16. The Morgan fingerprint density at radius 2 is 0.723 bits per heavy atom. The molecular formula is C43H89NO3. The van der Waals surface area contributed by atoms with E-state index >= 15 is 0 Å². The van der Waals surface area contributed by atoms with Crippen LogP contribution in [0.15, 0.2) is 0 Å². The molecule has 0 radical (unpaired) electrons. The molecule has 2 unspecified atom stereocenters. The highest BCUT2D eigenvalue weighted by molar-refractivity contribution is 4.67. The molecule has 4 nitrogen and oxygen atoms in total. The van der Waals surface area contributed by atoms with Crippen LogP contribution in [0.4, 0.5) is 0 Å². The maximum atomic E-state index is 10.5. The molecule has 0 heterocycles. The molecule has 0 saturated heterocycles. The Morgan fingerprint density at radius 3 is 1.04 bits per heavy atom. The van der Waals surface area contributed by atoms with Crippen molar-refractivity contribution < 1.29 is 14.6 Å². The molecule has 47 heavy (non-hydrogen) atoms. The van der Waals surface area contributed by atoms with E-state index in [4.69, 9.17) is 9.47 Å². The summed E-state index contributed by atoms with van der Waals surface area (Å²) in [6, 6.07) is 0. The van der Waals surface area contributed by atoms with Gasteiger partial charge in [0, 0.05) is 26.2 Å². The van der Waals surface area contributed by atoms with Crippen LogP contribution in [0.1, 0.15) is 226 Å². The Hall–Kier alpha value is -0.160. The summed E-state index contributed by atoms with van der Waals surface area (Å²) in [5.74, 6) is 0. The Labute approximate surface area is 297 Å². The predicted octanol–water partition coefficient (Wildman–Crippen LogP) is 13.2. The largest absolute Gasteiger partial charge is 0.392 e. The van der Waals surface area contributed by atoms with Crippen molar-refractivity contribution >= 4 is 0 Å². The molecule has 2 atom stereocenters. The number of likely N-dealkylation sites (N-methyl/N-ethyl adjacent to an activating group) is 1. The Kier molecular flexibility index (Phi) is 40.1. The molecule has 0 fully saturated rings. The standard InChI is InChI=1S/C43H89NO3/c1-5-7-9-11-13-15-17-19-21-23-25-27-29-31-33-35-37-46-41-43(39-42(45)40-44(3)4)47-38-36-34-32-30-28-26-24-22-20-18-16-14-12-10-8-6-2/h42-43,45H,5-41H2,1-4H3. The minimum absolute atomic E-state index is 0.00217. The van der Waals surface area contributed by atoms with Crippen LogP contribution in [0.2, 0.25) is 0 Å². The molecule has 0 aliphatic carbocycles. The Balaban J connectivity index is 3.70. The van der Waals surface area contributed by atoms with Crippen molar-refractivity contribution in [2.75, 3.05) is 40.5 Å². The molecule has 284 valence electrons. The van der Waals surface area contributed by atoms with Gasteiger partial charge in [-0.25, -0.2) is 0 Å². The van der Waals surface area contributed by atoms with Crippen LogP contribution in [0.5, 0.6) is 0 Å². The lowest BCUT2D eigenvalue weighted by molar-refractivity contribution is -0.0436. The number of nitrogens with zero attached hydrogens (tertiary/aromatic N) is 1. The number of aliphatic hydroxyl groups is 1. The van der Waals surface area contributed by atoms with E-state index in [0.717, 1.165) is 26.1 Å². The summed E-state index contributed by atoms with van der Waals surface area (Å²) in [5, 5.41) is 10.5. The minimum atomic E-state index is -0.361. The average molecular weight is 668 g/mol. The second-order valence-corrected chi connectivity index (χ2v) is 15.3. The number of hydrogen-bond donors (Lipinski definition) is 1. The molecule has 0 aromatic rings. The third-order valence-electron chi connectivity index (χ3n) is 9.91. The van der Waals surface area contributed by atoms with E-state index in [2.05, 4.69) is 18.7 Å². The smallest absolute Gasteiger partial charge is 0.0833 e. The van der Waals surface area contributed by atoms with Gasteiger partial charge in [0.25, 0.3) is 0 Å². The quantitative estimate of drug-likeness (QED) is 0.0659. The molecule has 0 amide bonds. The fraction of sp³-hybridized carbons (Fsp3) is 1.00. The maximum Gasteiger partial charge on any atom is 0.0833 e. The van der Waals surface area contributed by atoms with E-state index < -0.39 is 0 Å². The first-order chi connectivity index (χ1) is 23.1. The van der Waals surface area contributed by atoms with Crippen molar-refractivity contribution in [2.45, 2.75) is 238 Å². The van der Waals surface area contributed by atoms with Crippen molar-refractivity contribution in [3.63, 3.8) is 0 Å². The monoisotopic (exact) mass is 668 g/mol. The van der Waals surface area contributed by atoms with E-state index in [9.17, 15) is 5.11 Å². The highest BCUT2D eigenvalue weighted by Gasteiger charge is 2.16. The van der Waals surface area contributed by atoms with Crippen LogP contribution in [0, 0.1) is 0 Å². The van der Waals surface area contributed by atoms with Crippen LogP contribution in [-0.2, 0) is 9.47 Å². The van der Waals surface area contributed by atoms with Crippen LogP contribution in [0.25, 0.3) is 0 Å². The van der Waals surface area contributed by atoms with Gasteiger partial charge in [-0.2, -0.15) is 0 Å². The zero-order valence-electron chi connectivity index (χ0n) is 33.0. The minimum Gasteiger partial charge on any atom is -0.392 e. The summed E-state index contributed by atoms with van der Waals surface area (Å²) < 4.78 is 12.3. The Bertz CT molecular complexity index is 557. The molecule has 0 aromatic carbocycles. The van der Waals surface area contributed by atoms with Gasteiger partial charge in [-0.1, -0.05) is 206 Å². The fourth-order valence-electron chi connectivity index (χ4n) is 6.85. The van der Waals surface area contributed by atoms with Gasteiger partial charge < -0.3 is 19.5 Å². The molecule has 0 aliphatic heterocycles. The molecule has 0 spiro atoms. The molecule has 1 N–H and O–H groups in total. The zero-order chi connectivity index (χ0) is 34.3. The number of aliphatic hydroxyl groups excluding tert-OH is 1. The molecule has 4 heteroatoms. The third kappa shape index (κ3) is 40.2. The molecular weight excluding hydrogens is 578 g/mol. The number of unbranched alkanes of at least 4 members (excludes halogenated alkanes) is 30. The van der Waals surface area contributed by atoms with Gasteiger partial charge in [-0.15, -0.1) is 0 Å². The summed E-state index contributed by atoms with van der Waals surface area (Å²) in [7, 11) is 4.03. The van der Waals surface area contributed by atoms with Gasteiger partial charge in [0.1, 0.15) is 0 Å². The first kappa shape index (κ1) is 46.8. The van der Waals surface area contributed by atoms with Crippen molar-refractivity contribution in [1.82, 2.24) is 4.90 Å². The number of hydrogen-bond acceptors (Lipinski definition) is 4. The van der Waals surface area contributed by atoms with E-state index in [1.165, 1.54) is 193 Å². The molecule has 0 aliphatic rings. The van der Waals surface area contributed by atoms with Crippen LogP contribution >= 0.6 is 0 Å². The zero-order valence-corrected chi connectivity index (χ0v) is 33.0. The normalized spacial score (nSPS) is 13.1. The van der Waals surface area contributed by atoms with Crippen molar-refractivity contribution in [3.05, 3.63) is 0 Å². The van der Waals surface area contributed by atoms with Crippen molar-refractivity contribution in [2.24, 2.45) is 0 Å². The number of rotatable bonds is 41. The third-order valence-corrected chi connectivity index (χ3v) is 9.91. The van der Waals surface area contributed by atoms with E-state index in [1.807, 2.05) is 14.1 Å². The van der Waals surface area contributed by atoms with Crippen molar-refractivity contribution in [1.29, 1.82) is 0 Å². The lowest BCUT2D eigenvalue weighted by Gasteiger charge is -2.23. The maximum absolute atomic E-state index is 10.5. The summed E-state index contributed by atoms with van der Waals surface area (Å²) >= 11 is 0. The van der Waals surface area contributed by atoms with Gasteiger partial charge in [0.15, 0.2) is 0 Å². The van der Waals surface area contributed by atoms with Gasteiger partial charge in [0.05, 0.1) is 18.8 Å². The highest BCUT2D eigenvalue weighted by atomic mass is 16.5. The van der Waals surface area contributed by atoms with Gasteiger partial charge in [-0.3, -0.25) is 0 Å². The van der Waals surface area contributed by atoms with E-state index in [1.54, 1.807) is 0 Å². The first-order valence-corrected chi connectivity index (χ1v) is 21.6. The van der Waals surface area contributed by atoms with E-state index in [-0.39, 0.29) is 12.2 Å². The van der Waals surface area contributed by atoms with Crippen LogP contribution < -0.4 is 0 Å². The molecule has 0 aromatic heterocycles. The van der Waals surface area contributed by atoms with Crippen LogP contribution in [0.3, 0.4) is 0 Å². The predicted molar refractivity (Wildman–Crippen MR) is 209 cm³/mol. The molecule has 0 saturated carbocycles. The van der Waals surface area contributed by atoms with E-state index in [0.29, 0.717) is 19.6 Å². The topological polar surface area (TPSA) is 41.9 Å². The second-order valence-electron chi connectivity index (χ2n) is 15.3. The average Bonchev–Trinajstić information content (AvgIpc) is 3.05. The van der Waals surface area contributed by atoms with Crippen molar-refractivity contribution in [3.8, 4) is 0 Å². The fourth-order valence-corrected chi connectivity index (χ4v) is 6.85. The number of ether oxygens (including phenoxy) is 2. The SMILES string of the molecule is CCCCCCCCCCCCCCCCCCOCC(CC(O)CN(C)C)OCCCCCCCCCCCCCCCCCC. The molecule has 0 bridgehead atoms. The molecule has 0 rings (SSSR count). The summed E-state index contributed by atoms with van der Waals surface area (Å²) in [5.41, 5.74) is 0. The summed E-state index contributed by atoms with van der Waals surface area (Å²) in [4.78, 5) is 2.05. The van der Waals surface area contributed by atoms with Gasteiger partial charge in [-0.05, 0) is 26.9 Å². The lowest BCUT2D eigenvalue weighted by Crippen LogP contribution is -2.32. The van der Waals surface area contributed by atoms with Gasteiger partial charge >= 0.3 is 0 Å². The Morgan fingerprint density at radius 1 is 0.426 bits per heavy atom. The summed E-state index contributed by atoms with van der Waals surface area (Å²) in [6.45, 7) is 7.50. The lowest BCUT2D eigenvalue weighted by atomic mass is 10.0. The second kappa shape index (κ2) is 40.3. The van der Waals surface area contributed by atoms with Crippen LogP contribution in [-0.4, -0.2) is 62.7 Å². The first-order valence-electron chi connectivity index (χ1n) is 21.6. The van der Waals surface area contributed by atoms with Gasteiger partial charge in [0.2, 0.25) is 0 Å². The summed E-state index contributed by atoms with van der Waals surface area (Å²) in [6.07, 6.45) is 44.8.